The van der Waals surface area contributed by atoms with E-state index >= 15 is 0 Å². The lowest BCUT2D eigenvalue weighted by molar-refractivity contribution is 1.55. The molecular formula is C19H14. The highest BCUT2D eigenvalue weighted by atomic mass is 14.1. The molecule has 4 rings (SSSR count). The number of hydrogen-bond acceptors (Lipinski definition) is 0. The van der Waals surface area contributed by atoms with Crippen LogP contribution in [0.5, 0.6) is 0 Å². The zero-order chi connectivity index (χ0) is 12.8. The van der Waals surface area contributed by atoms with E-state index in [1.807, 2.05) is 0 Å². The minimum atomic E-state index is 1.34. The molecule has 0 saturated heterocycles. The van der Waals surface area contributed by atoms with Gasteiger partial charge in [0.25, 0.3) is 0 Å². The Morgan fingerprint density at radius 2 is 0.895 bits per heavy atom. The first kappa shape index (κ1) is 10.6. The van der Waals surface area contributed by atoms with Gasteiger partial charge in [0, 0.05) is 0 Å². The van der Waals surface area contributed by atoms with Crippen molar-refractivity contribution in [3.8, 4) is 0 Å². The molecule has 0 bridgehead atoms. The van der Waals surface area contributed by atoms with E-state index in [9.17, 15) is 0 Å². The highest BCUT2D eigenvalue weighted by Gasteiger charge is 2.08. The van der Waals surface area contributed by atoms with Crippen LogP contribution < -0.4 is 0 Å². The van der Waals surface area contributed by atoms with Crippen LogP contribution in [-0.2, 0) is 0 Å². The van der Waals surface area contributed by atoms with Crippen LogP contribution in [0.2, 0.25) is 0 Å². The summed E-state index contributed by atoms with van der Waals surface area (Å²) in [6, 6.07) is 24.0. The van der Waals surface area contributed by atoms with Crippen molar-refractivity contribution in [2.24, 2.45) is 0 Å². The Morgan fingerprint density at radius 1 is 0.474 bits per heavy atom. The second-order valence-electron chi connectivity index (χ2n) is 5.09. The molecule has 0 fully saturated rings. The van der Waals surface area contributed by atoms with Gasteiger partial charge in [0.1, 0.15) is 0 Å². The van der Waals surface area contributed by atoms with Crippen molar-refractivity contribution < 1.29 is 0 Å². The fourth-order valence-corrected chi connectivity index (χ4v) is 3.14. The Bertz CT molecular complexity index is 872. The van der Waals surface area contributed by atoms with Crippen LogP contribution in [0.15, 0.2) is 66.7 Å². The molecule has 4 aromatic rings. The van der Waals surface area contributed by atoms with Crippen LogP contribution in [0, 0.1) is 6.92 Å². The third-order valence-corrected chi connectivity index (χ3v) is 3.98. The third-order valence-electron chi connectivity index (χ3n) is 3.98. The molecule has 19 heavy (non-hydrogen) atoms. The van der Waals surface area contributed by atoms with Gasteiger partial charge in [-0.15, -0.1) is 0 Å². The van der Waals surface area contributed by atoms with E-state index in [0.717, 1.165) is 0 Å². The van der Waals surface area contributed by atoms with E-state index in [4.69, 9.17) is 0 Å². The molecule has 0 heterocycles. The Kier molecular flexibility index (Phi) is 2.13. The van der Waals surface area contributed by atoms with Crippen molar-refractivity contribution in [3.63, 3.8) is 0 Å². The fraction of sp³-hybridized carbons (Fsp3) is 0.0526. The Morgan fingerprint density at radius 3 is 1.47 bits per heavy atom. The summed E-state index contributed by atoms with van der Waals surface area (Å²) in [6.07, 6.45) is 0. The molecule has 0 radical (unpaired) electrons. The van der Waals surface area contributed by atoms with Gasteiger partial charge in [0.05, 0.1) is 0 Å². The van der Waals surface area contributed by atoms with Gasteiger partial charge in [-0.05, 0) is 44.8 Å². The van der Waals surface area contributed by atoms with Crippen LogP contribution in [-0.4, -0.2) is 0 Å². The zero-order valence-corrected chi connectivity index (χ0v) is 10.9. The predicted molar refractivity (Wildman–Crippen MR) is 83.7 cm³/mol. The van der Waals surface area contributed by atoms with Crippen molar-refractivity contribution in [1.29, 1.82) is 0 Å². The van der Waals surface area contributed by atoms with Crippen molar-refractivity contribution in [2.45, 2.75) is 6.92 Å². The molecule has 0 nitrogen and oxygen atoms in total. The van der Waals surface area contributed by atoms with Gasteiger partial charge < -0.3 is 0 Å². The molecule has 0 aliphatic carbocycles. The Hall–Kier alpha value is -2.34. The average Bonchev–Trinajstić information content (AvgIpc) is 2.47. The smallest absolute Gasteiger partial charge is 0.00697 e. The highest BCUT2D eigenvalue weighted by Crippen LogP contribution is 2.36. The highest BCUT2D eigenvalue weighted by molar-refractivity contribution is 6.25. The molecule has 0 atom stereocenters. The Balaban J connectivity index is 2.48. The van der Waals surface area contributed by atoms with Crippen LogP contribution in [0.25, 0.3) is 32.3 Å². The van der Waals surface area contributed by atoms with Gasteiger partial charge in [-0.25, -0.2) is 0 Å². The van der Waals surface area contributed by atoms with Crippen molar-refractivity contribution in [2.75, 3.05) is 0 Å². The van der Waals surface area contributed by atoms with Crippen molar-refractivity contribution in [3.05, 3.63) is 72.3 Å². The maximum absolute atomic E-state index is 2.23. The summed E-state index contributed by atoms with van der Waals surface area (Å²) >= 11 is 0. The van der Waals surface area contributed by atoms with Crippen molar-refractivity contribution in [1.82, 2.24) is 0 Å². The fourth-order valence-electron chi connectivity index (χ4n) is 3.14. The zero-order valence-electron chi connectivity index (χ0n) is 10.9. The molecule has 0 heteroatoms. The monoisotopic (exact) mass is 242 g/mol. The molecule has 90 valence electrons. The molecule has 4 aromatic carbocycles. The maximum atomic E-state index is 2.23. The van der Waals surface area contributed by atoms with Gasteiger partial charge >= 0.3 is 0 Å². The normalized spacial score (nSPS) is 11.4. The quantitative estimate of drug-likeness (QED) is 0.359. The van der Waals surface area contributed by atoms with Gasteiger partial charge in [-0.2, -0.15) is 0 Å². The average molecular weight is 242 g/mol. The lowest BCUT2D eigenvalue weighted by atomic mass is 9.92. The second kappa shape index (κ2) is 3.83. The standard InChI is InChI=1S/C19H14/c1-13-7-6-12-18-16-9-3-2-8-14(16)15-10-4-5-11-17(15)19(13)18/h2-12H,1H3. The van der Waals surface area contributed by atoms with Crippen LogP contribution in [0.3, 0.4) is 0 Å². The molecule has 0 aromatic heterocycles. The summed E-state index contributed by atoms with van der Waals surface area (Å²) in [6.45, 7) is 2.20. The van der Waals surface area contributed by atoms with E-state index < -0.39 is 0 Å². The van der Waals surface area contributed by atoms with Crippen LogP contribution in [0.4, 0.5) is 0 Å². The molecular weight excluding hydrogens is 228 g/mol. The molecule has 0 N–H and O–H groups in total. The third kappa shape index (κ3) is 1.40. The van der Waals surface area contributed by atoms with Crippen LogP contribution >= 0.6 is 0 Å². The van der Waals surface area contributed by atoms with E-state index in [1.165, 1.54) is 37.9 Å². The predicted octanol–water partition coefficient (Wildman–Crippen LogP) is 5.45. The van der Waals surface area contributed by atoms with Gasteiger partial charge in [0.15, 0.2) is 0 Å². The molecule has 0 aliphatic heterocycles. The van der Waals surface area contributed by atoms with Gasteiger partial charge in [-0.3, -0.25) is 0 Å². The lowest BCUT2D eigenvalue weighted by Gasteiger charge is -2.11. The number of benzene rings is 4. The summed E-state index contributed by atoms with van der Waals surface area (Å²) in [7, 11) is 0. The summed E-state index contributed by atoms with van der Waals surface area (Å²) in [5, 5.41) is 8.14. The first-order chi connectivity index (χ1) is 9.36. The topological polar surface area (TPSA) is 0 Å². The lowest BCUT2D eigenvalue weighted by Crippen LogP contribution is -1.85. The van der Waals surface area contributed by atoms with E-state index in [1.54, 1.807) is 0 Å². The first-order valence-corrected chi connectivity index (χ1v) is 6.65. The largest absolute Gasteiger partial charge is 0.0616 e. The summed E-state index contributed by atoms with van der Waals surface area (Å²) in [5.74, 6) is 0. The van der Waals surface area contributed by atoms with Gasteiger partial charge in [-0.1, -0.05) is 66.7 Å². The molecule has 0 aliphatic rings. The van der Waals surface area contributed by atoms with Gasteiger partial charge in [0.2, 0.25) is 0 Å². The summed E-state index contributed by atoms with van der Waals surface area (Å²) < 4.78 is 0. The van der Waals surface area contributed by atoms with E-state index in [2.05, 4.69) is 73.7 Å². The molecule has 0 spiro atoms. The molecule has 0 amide bonds. The molecule has 0 unspecified atom stereocenters. The number of fused-ring (bicyclic) bond motifs is 6. The summed E-state index contributed by atoms with van der Waals surface area (Å²) in [4.78, 5) is 0. The number of hydrogen-bond donors (Lipinski definition) is 0. The second-order valence-corrected chi connectivity index (χ2v) is 5.09. The first-order valence-electron chi connectivity index (χ1n) is 6.65. The minimum Gasteiger partial charge on any atom is -0.0616 e. The van der Waals surface area contributed by atoms with Crippen LogP contribution in [0.1, 0.15) is 5.56 Å². The van der Waals surface area contributed by atoms with Crippen molar-refractivity contribution >= 4 is 32.3 Å². The molecule has 0 saturated carbocycles. The van der Waals surface area contributed by atoms with E-state index in [-0.39, 0.29) is 0 Å². The SMILES string of the molecule is Cc1cccc2c3ccccc3c3ccccc3c12. The minimum absolute atomic E-state index is 1.34. The number of aryl methyl sites for hydroxylation is 1. The summed E-state index contributed by atoms with van der Waals surface area (Å²) in [5.41, 5.74) is 1.35. The van der Waals surface area contributed by atoms with E-state index in [0.29, 0.717) is 0 Å². The Labute approximate surface area is 112 Å². The number of rotatable bonds is 0. The maximum Gasteiger partial charge on any atom is -0.00697 e.